The zero-order valence-corrected chi connectivity index (χ0v) is 15.9. The molecule has 0 bridgehead atoms. The van der Waals surface area contributed by atoms with Crippen LogP contribution in [-0.4, -0.2) is 36.9 Å². The van der Waals surface area contributed by atoms with Crippen LogP contribution in [0.4, 0.5) is 6.01 Å². The molecule has 0 spiro atoms. The number of nitrogens with zero attached hydrogens (tertiary/aromatic N) is 2. The van der Waals surface area contributed by atoms with Crippen LogP contribution in [0.3, 0.4) is 0 Å². The number of hydrogen-bond acceptors (Lipinski definition) is 7. The third-order valence-corrected chi connectivity index (χ3v) is 3.93. The van der Waals surface area contributed by atoms with Gasteiger partial charge in [-0.05, 0) is 37.3 Å². The van der Waals surface area contributed by atoms with E-state index in [0.29, 0.717) is 29.6 Å². The van der Waals surface area contributed by atoms with Gasteiger partial charge in [0.2, 0.25) is 11.8 Å². The maximum absolute atomic E-state index is 12.3. The van der Waals surface area contributed by atoms with Crippen molar-refractivity contribution >= 4 is 11.9 Å². The predicted octanol–water partition coefficient (Wildman–Crippen LogP) is 3.33. The Balaban J connectivity index is 1.65. The number of ether oxygens (including phenoxy) is 3. The van der Waals surface area contributed by atoms with Gasteiger partial charge in [-0.1, -0.05) is 11.2 Å². The SMILES string of the molecule is CCOc1ccc(-c2nnc(NC(=O)Cc3ccc(OC)cc3OC)o2)cc1. The van der Waals surface area contributed by atoms with Crippen molar-refractivity contribution in [3.8, 4) is 28.7 Å². The lowest BCUT2D eigenvalue weighted by atomic mass is 10.1. The highest BCUT2D eigenvalue weighted by molar-refractivity contribution is 5.90. The fourth-order valence-electron chi connectivity index (χ4n) is 2.59. The van der Waals surface area contributed by atoms with Crippen molar-refractivity contribution in [1.82, 2.24) is 10.2 Å². The monoisotopic (exact) mass is 383 g/mol. The van der Waals surface area contributed by atoms with E-state index in [1.807, 2.05) is 31.2 Å². The number of anilines is 1. The van der Waals surface area contributed by atoms with E-state index in [-0.39, 0.29) is 18.3 Å². The molecule has 1 aromatic heterocycles. The predicted molar refractivity (Wildman–Crippen MR) is 103 cm³/mol. The molecule has 1 N–H and O–H groups in total. The molecule has 8 nitrogen and oxygen atoms in total. The molecule has 1 amide bonds. The summed E-state index contributed by atoms with van der Waals surface area (Å²) in [6.07, 6.45) is 0.0912. The van der Waals surface area contributed by atoms with Gasteiger partial charge in [0.05, 0.1) is 27.2 Å². The average molecular weight is 383 g/mol. The summed E-state index contributed by atoms with van der Waals surface area (Å²) < 4.78 is 21.4. The van der Waals surface area contributed by atoms with Gasteiger partial charge in [0, 0.05) is 17.2 Å². The molecule has 2 aromatic carbocycles. The van der Waals surface area contributed by atoms with E-state index < -0.39 is 0 Å². The quantitative estimate of drug-likeness (QED) is 0.637. The van der Waals surface area contributed by atoms with Crippen LogP contribution >= 0.6 is 0 Å². The average Bonchev–Trinajstić information content (AvgIpc) is 3.17. The van der Waals surface area contributed by atoms with Crippen LogP contribution in [0.1, 0.15) is 12.5 Å². The summed E-state index contributed by atoms with van der Waals surface area (Å²) in [5.74, 6) is 1.98. The largest absolute Gasteiger partial charge is 0.497 e. The van der Waals surface area contributed by atoms with Gasteiger partial charge in [0.1, 0.15) is 17.2 Å². The summed E-state index contributed by atoms with van der Waals surface area (Å²) in [7, 11) is 3.11. The summed E-state index contributed by atoms with van der Waals surface area (Å²) >= 11 is 0. The van der Waals surface area contributed by atoms with E-state index >= 15 is 0 Å². The Morgan fingerprint density at radius 2 is 1.79 bits per heavy atom. The van der Waals surface area contributed by atoms with Crippen molar-refractivity contribution in [1.29, 1.82) is 0 Å². The van der Waals surface area contributed by atoms with Gasteiger partial charge < -0.3 is 18.6 Å². The number of carbonyl (C=O) groups is 1. The van der Waals surface area contributed by atoms with Gasteiger partial charge in [-0.15, -0.1) is 5.10 Å². The molecule has 0 aliphatic rings. The normalized spacial score (nSPS) is 10.4. The number of carbonyl (C=O) groups excluding carboxylic acids is 1. The summed E-state index contributed by atoms with van der Waals surface area (Å²) in [6, 6.07) is 12.5. The molecule has 0 unspecified atom stereocenters. The fourth-order valence-corrected chi connectivity index (χ4v) is 2.59. The lowest BCUT2D eigenvalue weighted by molar-refractivity contribution is -0.115. The molecule has 0 atom stereocenters. The second kappa shape index (κ2) is 8.90. The Bertz CT molecular complexity index is 937. The zero-order valence-electron chi connectivity index (χ0n) is 15.9. The van der Waals surface area contributed by atoms with E-state index in [4.69, 9.17) is 18.6 Å². The molecule has 0 aliphatic carbocycles. The number of nitrogens with one attached hydrogen (secondary N) is 1. The van der Waals surface area contributed by atoms with E-state index in [2.05, 4.69) is 15.5 Å². The highest BCUT2D eigenvalue weighted by Crippen LogP contribution is 2.26. The summed E-state index contributed by atoms with van der Waals surface area (Å²) in [4.78, 5) is 12.3. The van der Waals surface area contributed by atoms with Crippen LogP contribution in [0, 0.1) is 0 Å². The molecule has 0 saturated carbocycles. The van der Waals surface area contributed by atoms with Crippen molar-refractivity contribution in [2.75, 3.05) is 26.1 Å². The Hall–Kier alpha value is -3.55. The lowest BCUT2D eigenvalue weighted by Crippen LogP contribution is -2.15. The van der Waals surface area contributed by atoms with E-state index in [1.165, 1.54) is 7.11 Å². The number of hydrogen-bond donors (Lipinski definition) is 1. The second-order valence-electron chi connectivity index (χ2n) is 5.77. The van der Waals surface area contributed by atoms with E-state index in [0.717, 1.165) is 11.3 Å². The molecule has 28 heavy (non-hydrogen) atoms. The molecule has 0 radical (unpaired) electrons. The van der Waals surface area contributed by atoms with Crippen molar-refractivity contribution in [3.63, 3.8) is 0 Å². The van der Waals surface area contributed by atoms with Crippen LogP contribution in [0.5, 0.6) is 17.2 Å². The zero-order chi connectivity index (χ0) is 19.9. The van der Waals surface area contributed by atoms with Crippen LogP contribution < -0.4 is 19.5 Å². The van der Waals surface area contributed by atoms with Crippen molar-refractivity contribution in [2.45, 2.75) is 13.3 Å². The third kappa shape index (κ3) is 4.59. The Kier molecular flexibility index (Phi) is 6.11. The maximum Gasteiger partial charge on any atom is 0.322 e. The Morgan fingerprint density at radius 1 is 1.04 bits per heavy atom. The first-order valence-corrected chi connectivity index (χ1v) is 8.70. The van der Waals surface area contributed by atoms with Gasteiger partial charge >= 0.3 is 6.01 Å². The van der Waals surface area contributed by atoms with E-state index in [9.17, 15) is 4.79 Å². The Morgan fingerprint density at radius 3 is 2.46 bits per heavy atom. The lowest BCUT2D eigenvalue weighted by Gasteiger charge is -2.09. The summed E-state index contributed by atoms with van der Waals surface area (Å²) in [5.41, 5.74) is 1.44. The van der Waals surface area contributed by atoms with Crippen molar-refractivity contribution < 1.29 is 23.4 Å². The van der Waals surface area contributed by atoms with Crippen molar-refractivity contribution in [2.24, 2.45) is 0 Å². The molecule has 3 aromatic rings. The van der Waals surface area contributed by atoms with Crippen LogP contribution in [0.15, 0.2) is 46.9 Å². The molecule has 0 aliphatic heterocycles. The van der Waals surface area contributed by atoms with Gasteiger partial charge in [0.25, 0.3) is 0 Å². The number of rotatable bonds is 8. The number of methoxy groups -OCH3 is 2. The topological polar surface area (TPSA) is 95.7 Å². The molecule has 146 valence electrons. The molecule has 3 rings (SSSR count). The molecule has 8 heteroatoms. The van der Waals surface area contributed by atoms with Gasteiger partial charge in [0.15, 0.2) is 0 Å². The van der Waals surface area contributed by atoms with Gasteiger partial charge in [-0.3, -0.25) is 10.1 Å². The molecular weight excluding hydrogens is 362 g/mol. The first-order chi connectivity index (χ1) is 13.6. The highest BCUT2D eigenvalue weighted by Gasteiger charge is 2.14. The second-order valence-corrected chi connectivity index (χ2v) is 5.77. The Labute approximate surface area is 162 Å². The highest BCUT2D eigenvalue weighted by atomic mass is 16.5. The minimum Gasteiger partial charge on any atom is -0.497 e. The third-order valence-electron chi connectivity index (χ3n) is 3.93. The smallest absolute Gasteiger partial charge is 0.322 e. The maximum atomic E-state index is 12.3. The number of aromatic nitrogens is 2. The molecule has 0 fully saturated rings. The minimum absolute atomic E-state index is 0.0290. The first kappa shape index (κ1) is 19.2. The minimum atomic E-state index is -0.301. The number of benzene rings is 2. The van der Waals surface area contributed by atoms with Gasteiger partial charge in [-0.25, -0.2) is 0 Å². The summed E-state index contributed by atoms with van der Waals surface area (Å²) in [6.45, 7) is 2.51. The van der Waals surface area contributed by atoms with Crippen molar-refractivity contribution in [3.05, 3.63) is 48.0 Å². The molecular formula is C20H21N3O5. The molecule has 0 saturated heterocycles. The first-order valence-electron chi connectivity index (χ1n) is 8.70. The van der Waals surface area contributed by atoms with Crippen LogP contribution in [0.2, 0.25) is 0 Å². The molecule has 1 heterocycles. The van der Waals surface area contributed by atoms with Gasteiger partial charge in [-0.2, -0.15) is 0 Å². The summed E-state index contributed by atoms with van der Waals surface area (Å²) in [5, 5.41) is 10.4. The van der Waals surface area contributed by atoms with Crippen LogP contribution in [-0.2, 0) is 11.2 Å². The van der Waals surface area contributed by atoms with E-state index in [1.54, 1.807) is 25.3 Å². The standard InChI is InChI=1S/C20H21N3O5/c1-4-27-15-8-5-13(6-9-15)19-22-23-20(28-19)21-18(24)11-14-7-10-16(25-2)12-17(14)26-3/h5-10,12H,4,11H2,1-3H3,(H,21,23,24). The fraction of sp³-hybridized carbons (Fsp3) is 0.250. The van der Waals surface area contributed by atoms with Crippen LogP contribution in [0.25, 0.3) is 11.5 Å². The number of amides is 1.